The molecule has 0 aliphatic heterocycles. The van der Waals surface area contributed by atoms with Gasteiger partial charge in [-0.3, -0.25) is 9.36 Å². The number of carboxylic acid groups (broad SMARTS) is 1. The van der Waals surface area contributed by atoms with Crippen molar-refractivity contribution in [3.8, 4) is 11.1 Å². The first-order chi connectivity index (χ1) is 13.5. The van der Waals surface area contributed by atoms with E-state index in [2.05, 4.69) is 0 Å². The minimum atomic E-state index is -1.14. The zero-order valence-electron chi connectivity index (χ0n) is 15.4. The molecule has 0 fully saturated rings. The van der Waals surface area contributed by atoms with Crippen LogP contribution < -0.4 is 5.56 Å². The molecule has 0 spiro atoms. The van der Waals surface area contributed by atoms with Gasteiger partial charge >= 0.3 is 5.97 Å². The van der Waals surface area contributed by atoms with Crippen LogP contribution in [0.1, 0.15) is 41.9 Å². The molecule has 28 heavy (non-hydrogen) atoms. The highest BCUT2D eigenvalue weighted by molar-refractivity contribution is 7.17. The first-order valence-electron chi connectivity index (χ1n) is 8.85. The molecule has 0 amide bonds. The lowest BCUT2D eigenvalue weighted by atomic mass is 10.1. The highest BCUT2D eigenvalue weighted by atomic mass is 32.1. The number of carboxylic acids is 1. The van der Waals surface area contributed by atoms with E-state index in [9.17, 15) is 9.59 Å². The number of aromatic carboxylic acids is 1. The van der Waals surface area contributed by atoms with Crippen molar-refractivity contribution in [2.75, 3.05) is 0 Å². The highest BCUT2D eigenvalue weighted by Crippen LogP contribution is 2.31. The van der Waals surface area contributed by atoms with Gasteiger partial charge in [0.2, 0.25) is 5.76 Å². The molecule has 1 aromatic carbocycles. The third-order valence-electron chi connectivity index (χ3n) is 4.51. The van der Waals surface area contributed by atoms with Gasteiger partial charge in [-0.25, -0.2) is 9.78 Å². The topological polar surface area (TPSA) is 85.3 Å². The molecule has 0 unspecified atom stereocenters. The highest BCUT2D eigenvalue weighted by Gasteiger charge is 2.20. The molecular weight excluding hydrogens is 376 g/mol. The zero-order valence-corrected chi connectivity index (χ0v) is 16.2. The van der Waals surface area contributed by atoms with Crippen molar-refractivity contribution in [2.24, 2.45) is 0 Å². The van der Waals surface area contributed by atoms with Gasteiger partial charge in [0, 0.05) is 16.9 Å². The van der Waals surface area contributed by atoms with Gasteiger partial charge in [-0.15, -0.1) is 11.3 Å². The third-order valence-corrected chi connectivity index (χ3v) is 5.38. The van der Waals surface area contributed by atoms with Gasteiger partial charge in [-0.1, -0.05) is 44.2 Å². The van der Waals surface area contributed by atoms with Gasteiger partial charge in [-0.2, -0.15) is 0 Å². The Labute approximate surface area is 164 Å². The molecule has 0 saturated heterocycles. The molecule has 4 aromatic rings. The normalized spacial score (nSPS) is 11.4. The predicted molar refractivity (Wildman–Crippen MR) is 108 cm³/mol. The molecular formula is C21H18N2O4S. The van der Waals surface area contributed by atoms with Gasteiger partial charge < -0.3 is 9.52 Å². The van der Waals surface area contributed by atoms with Gasteiger partial charge in [0.1, 0.15) is 16.4 Å². The number of benzene rings is 1. The number of hydrogen-bond acceptors (Lipinski definition) is 5. The minimum Gasteiger partial charge on any atom is -0.475 e. The SMILES string of the molecule is CC(C)c1nc2scc(-c3ccccc3)c2c(=O)n1Cc1ccc(C(=O)O)o1. The average Bonchev–Trinajstić information content (AvgIpc) is 3.31. The Morgan fingerprint density at radius 3 is 2.61 bits per heavy atom. The van der Waals surface area contributed by atoms with E-state index < -0.39 is 5.97 Å². The summed E-state index contributed by atoms with van der Waals surface area (Å²) in [7, 11) is 0. The summed E-state index contributed by atoms with van der Waals surface area (Å²) in [5, 5.41) is 11.6. The zero-order chi connectivity index (χ0) is 19.8. The van der Waals surface area contributed by atoms with Crippen molar-refractivity contribution in [3.63, 3.8) is 0 Å². The second-order valence-corrected chi connectivity index (χ2v) is 7.64. The second kappa shape index (κ2) is 7.09. The molecule has 0 bridgehead atoms. The lowest BCUT2D eigenvalue weighted by Crippen LogP contribution is -2.26. The van der Waals surface area contributed by atoms with Gasteiger partial charge in [-0.05, 0) is 17.7 Å². The van der Waals surface area contributed by atoms with Crippen LogP contribution in [0.3, 0.4) is 0 Å². The molecule has 0 aliphatic carbocycles. The fourth-order valence-corrected chi connectivity index (χ4v) is 4.14. The van der Waals surface area contributed by atoms with Crippen molar-refractivity contribution in [1.29, 1.82) is 0 Å². The van der Waals surface area contributed by atoms with E-state index in [1.165, 1.54) is 17.4 Å². The second-order valence-electron chi connectivity index (χ2n) is 6.78. The van der Waals surface area contributed by atoms with Crippen LogP contribution in [0.5, 0.6) is 0 Å². The maximum absolute atomic E-state index is 13.4. The monoisotopic (exact) mass is 394 g/mol. The van der Waals surface area contributed by atoms with Crippen LogP contribution >= 0.6 is 11.3 Å². The third kappa shape index (κ3) is 3.14. The van der Waals surface area contributed by atoms with Crippen molar-refractivity contribution in [3.05, 3.63) is 75.5 Å². The Balaban J connectivity index is 1.90. The number of hydrogen-bond donors (Lipinski definition) is 1. The van der Waals surface area contributed by atoms with E-state index >= 15 is 0 Å². The van der Waals surface area contributed by atoms with Crippen LogP contribution in [0.4, 0.5) is 0 Å². The van der Waals surface area contributed by atoms with Gasteiger partial charge in [0.05, 0.1) is 11.9 Å². The molecule has 0 aliphatic rings. The molecule has 0 saturated carbocycles. The van der Waals surface area contributed by atoms with E-state index in [0.29, 0.717) is 21.8 Å². The van der Waals surface area contributed by atoms with Crippen LogP contribution in [-0.2, 0) is 6.54 Å². The molecule has 1 N–H and O–H groups in total. The summed E-state index contributed by atoms with van der Waals surface area (Å²) in [5.41, 5.74) is 1.66. The summed E-state index contributed by atoms with van der Waals surface area (Å²) in [6.07, 6.45) is 0. The van der Waals surface area contributed by atoms with E-state index in [4.69, 9.17) is 14.5 Å². The van der Waals surface area contributed by atoms with E-state index in [0.717, 1.165) is 11.1 Å². The number of furan rings is 1. The number of thiophene rings is 1. The maximum atomic E-state index is 13.4. The standard InChI is InChI=1S/C21H18N2O4S/c1-12(2)18-22-19-17(15(11-28-19)13-6-4-3-5-7-13)20(24)23(18)10-14-8-9-16(27-14)21(25)26/h3-9,11-12H,10H2,1-2H3,(H,25,26). The molecule has 6 nitrogen and oxygen atoms in total. The quantitative estimate of drug-likeness (QED) is 0.535. The molecule has 142 valence electrons. The number of carbonyl (C=O) groups is 1. The summed E-state index contributed by atoms with van der Waals surface area (Å²) >= 11 is 1.45. The summed E-state index contributed by atoms with van der Waals surface area (Å²) in [5.74, 6) is -0.219. The summed E-state index contributed by atoms with van der Waals surface area (Å²) in [6.45, 7) is 4.08. The number of nitrogens with zero attached hydrogens (tertiary/aromatic N) is 2. The van der Waals surface area contributed by atoms with E-state index in [1.54, 1.807) is 10.6 Å². The largest absolute Gasteiger partial charge is 0.475 e. The summed E-state index contributed by atoms with van der Waals surface area (Å²) < 4.78 is 6.94. The molecule has 0 radical (unpaired) electrons. The van der Waals surface area contributed by atoms with Crippen LogP contribution in [0, 0.1) is 0 Å². The Bertz CT molecular complexity index is 1220. The fraction of sp³-hybridized carbons (Fsp3) is 0.190. The van der Waals surface area contributed by atoms with Crippen molar-refractivity contribution in [1.82, 2.24) is 9.55 Å². The first-order valence-corrected chi connectivity index (χ1v) is 9.73. The number of rotatable bonds is 5. The summed E-state index contributed by atoms with van der Waals surface area (Å²) in [4.78, 5) is 29.9. The van der Waals surface area contributed by atoms with Crippen molar-refractivity contribution < 1.29 is 14.3 Å². The van der Waals surface area contributed by atoms with Gasteiger partial charge in [0.15, 0.2) is 0 Å². The van der Waals surface area contributed by atoms with Gasteiger partial charge in [0.25, 0.3) is 5.56 Å². The molecule has 7 heteroatoms. The Kier molecular flexibility index (Phi) is 4.60. The van der Waals surface area contributed by atoms with Crippen molar-refractivity contribution >= 4 is 27.5 Å². The van der Waals surface area contributed by atoms with E-state index in [1.807, 2.05) is 49.6 Å². The number of fused-ring (bicyclic) bond motifs is 1. The lowest BCUT2D eigenvalue weighted by molar-refractivity contribution is 0.0660. The Morgan fingerprint density at radius 1 is 1.21 bits per heavy atom. The molecule has 3 heterocycles. The van der Waals surface area contributed by atoms with Crippen LogP contribution in [0.15, 0.2) is 57.1 Å². The molecule has 0 atom stereocenters. The lowest BCUT2D eigenvalue weighted by Gasteiger charge is -2.14. The smallest absolute Gasteiger partial charge is 0.371 e. The average molecular weight is 394 g/mol. The van der Waals surface area contributed by atoms with Crippen LogP contribution in [0.25, 0.3) is 21.3 Å². The molecule has 4 rings (SSSR count). The molecule has 3 aromatic heterocycles. The first kappa shape index (κ1) is 18.2. The van der Waals surface area contributed by atoms with E-state index in [-0.39, 0.29) is 23.8 Å². The Morgan fingerprint density at radius 2 is 1.96 bits per heavy atom. The minimum absolute atomic E-state index is 0.0216. The Hall–Kier alpha value is -3.19. The van der Waals surface area contributed by atoms with Crippen LogP contribution in [0.2, 0.25) is 0 Å². The predicted octanol–water partition coefficient (Wildman–Crippen LogP) is 4.59. The number of aromatic nitrogens is 2. The van der Waals surface area contributed by atoms with Crippen molar-refractivity contribution in [2.45, 2.75) is 26.3 Å². The summed E-state index contributed by atoms with van der Waals surface area (Å²) in [6, 6.07) is 12.7. The fourth-order valence-electron chi connectivity index (χ4n) is 3.20. The maximum Gasteiger partial charge on any atom is 0.371 e. The van der Waals surface area contributed by atoms with Crippen LogP contribution in [-0.4, -0.2) is 20.6 Å².